The molecule has 0 bridgehead atoms. The van der Waals surface area contributed by atoms with Gasteiger partial charge in [-0.1, -0.05) is 48.5 Å². The number of nitrogens with two attached hydrogens (primary N) is 1. The third-order valence-electron chi connectivity index (χ3n) is 5.09. The lowest BCUT2D eigenvalue weighted by atomic mass is 10.0. The Morgan fingerprint density at radius 2 is 1.88 bits per heavy atom. The van der Waals surface area contributed by atoms with Gasteiger partial charge in [0.2, 0.25) is 0 Å². The van der Waals surface area contributed by atoms with Crippen LogP contribution in [0.1, 0.15) is 34.6 Å². The molecule has 1 amide bonds. The molecule has 0 saturated heterocycles. The van der Waals surface area contributed by atoms with Crippen molar-refractivity contribution < 1.29 is 4.79 Å². The van der Waals surface area contributed by atoms with Gasteiger partial charge in [0.25, 0.3) is 11.5 Å². The van der Waals surface area contributed by atoms with E-state index in [1.54, 1.807) is 13.1 Å². The maximum Gasteiger partial charge on any atom is 0.326 e. The quantitative estimate of drug-likeness (QED) is 0.371. The summed E-state index contributed by atoms with van der Waals surface area (Å²) in [5, 5.41) is 7.20. The molecule has 9 nitrogen and oxygen atoms in total. The van der Waals surface area contributed by atoms with Crippen LogP contribution in [-0.4, -0.2) is 25.7 Å². The van der Waals surface area contributed by atoms with E-state index in [1.165, 1.54) is 0 Å². The molecule has 32 heavy (non-hydrogen) atoms. The highest BCUT2D eigenvalue weighted by Crippen LogP contribution is 2.23. The second-order valence-electron chi connectivity index (χ2n) is 7.43. The van der Waals surface area contributed by atoms with Gasteiger partial charge in [-0.2, -0.15) is 5.10 Å². The summed E-state index contributed by atoms with van der Waals surface area (Å²) in [4.78, 5) is 40.0. The van der Waals surface area contributed by atoms with E-state index in [-0.39, 0.29) is 11.4 Å². The highest BCUT2D eigenvalue weighted by Gasteiger charge is 2.17. The van der Waals surface area contributed by atoms with Crippen LogP contribution in [0.3, 0.4) is 0 Å². The first kappa shape index (κ1) is 20.9. The fourth-order valence-corrected chi connectivity index (χ4v) is 3.38. The summed E-state index contributed by atoms with van der Waals surface area (Å²) in [6.45, 7) is 2.47. The lowest BCUT2D eigenvalue weighted by molar-refractivity contribution is 0.0935. The zero-order valence-corrected chi connectivity index (χ0v) is 17.3. The highest BCUT2D eigenvalue weighted by atomic mass is 16.2. The molecule has 2 heterocycles. The number of nitrogens with one attached hydrogen (secondary N) is 3. The minimum Gasteiger partial charge on any atom is -0.392 e. The fourth-order valence-electron chi connectivity index (χ4n) is 3.38. The molecule has 0 saturated carbocycles. The maximum absolute atomic E-state index is 12.6. The molecule has 1 atom stereocenters. The molecule has 0 aliphatic rings. The SMILES string of the molecule is C[C@@H](NC(=O)c1[nH]c(=O)[nH]c(=O)c1N)c1cccc(-c2cnn(Cc3ccccc3)c2)c1. The average Bonchev–Trinajstić information content (AvgIpc) is 3.25. The summed E-state index contributed by atoms with van der Waals surface area (Å²) in [6, 6.07) is 17.4. The Balaban J connectivity index is 1.51. The fraction of sp³-hybridized carbons (Fsp3) is 0.130. The number of nitrogens with zero attached hydrogens (tertiary/aromatic N) is 2. The van der Waals surface area contributed by atoms with Crippen LogP contribution in [0.4, 0.5) is 5.69 Å². The van der Waals surface area contributed by atoms with Crippen LogP contribution >= 0.6 is 0 Å². The highest BCUT2D eigenvalue weighted by molar-refractivity contribution is 5.97. The predicted octanol–water partition coefficient (Wildman–Crippen LogP) is 2.05. The number of anilines is 1. The van der Waals surface area contributed by atoms with Crippen LogP contribution in [0.2, 0.25) is 0 Å². The molecule has 0 unspecified atom stereocenters. The van der Waals surface area contributed by atoms with Crippen LogP contribution in [0.15, 0.2) is 76.6 Å². The summed E-state index contributed by atoms with van der Waals surface area (Å²) in [6.07, 6.45) is 3.77. The molecule has 0 aliphatic carbocycles. The standard InChI is InChI=1S/C23H22N6O3/c1-14(26-22(31)20-19(24)21(30)28-23(32)27-20)16-8-5-9-17(10-16)18-11-25-29(13-18)12-15-6-3-2-4-7-15/h2-11,13-14H,12,24H2,1H3,(H,26,31)(H2,27,28,30,32)/t14-/m1/s1. The van der Waals surface area contributed by atoms with E-state index in [4.69, 9.17) is 5.73 Å². The first-order chi connectivity index (χ1) is 15.4. The number of benzene rings is 2. The first-order valence-electron chi connectivity index (χ1n) is 10.0. The molecule has 4 rings (SSSR count). The number of H-pyrrole nitrogens is 2. The van der Waals surface area contributed by atoms with Crippen LogP contribution in [-0.2, 0) is 6.54 Å². The van der Waals surface area contributed by atoms with E-state index in [1.807, 2.05) is 70.5 Å². The number of aromatic nitrogens is 4. The van der Waals surface area contributed by atoms with E-state index in [0.717, 1.165) is 22.3 Å². The van der Waals surface area contributed by atoms with Gasteiger partial charge < -0.3 is 16.0 Å². The Morgan fingerprint density at radius 3 is 2.66 bits per heavy atom. The number of hydrogen-bond donors (Lipinski definition) is 4. The molecule has 9 heteroatoms. The van der Waals surface area contributed by atoms with Gasteiger partial charge in [0.05, 0.1) is 18.8 Å². The zero-order chi connectivity index (χ0) is 22.7. The second kappa shape index (κ2) is 8.76. The first-order valence-corrected chi connectivity index (χ1v) is 10.0. The van der Waals surface area contributed by atoms with Gasteiger partial charge in [0.15, 0.2) is 0 Å². The van der Waals surface area contributed by atoms with Crippen LogP contribution in [0, 0.1) is 0 Å². The summed E-state index contributed by atoms with van der Waals surface area (Å²) >= 11 is 0. The molecule has 2 aromatic heterocycles. The van der Waals surface area contributed by atoms with Crippen molar-refractivity contribution in [2.75, 3.05) is 5.73 Å². The van der Waals surface area contributed by atoms with Gasteiger partial charge in [-0.25, -0.2) is 4.79 Å². The molecule has 0 aliphatic heterocycles. The summed E-state index contributed by atoms with van der Waals surface area (Å²) in [7, 11) is 0. The molecular weight excluding hydrogens is 408 g/mol. The number of hydrogen-bond acceptors (Lipinski definition) is 5. The zero-order valence-electron chi connectivity index (χ0n) is 17.3. The number of carbonyl (C=O) groups is 1. The van der Waals surface area contributed by atoms with E-state index in [9.17, 15) is 14.4 Å². The third-order valence-corrected chi connectivity index (χ3v) is 5.09. The number of nitrogen functional groups attached to an aromatic ring is 1. The Morgan fingerprint density at radius 1 is 1.09 bits per heavy atom. The van der Waals surface area contributed by atoms with Gasteiger partial charge in [-0.15, -0.1) is 0 Å². The normalized spacial score (nSPS) is 11.8. The van der Waals surface area contributed by atoms with Gasteiger partial charge in [0, 0.05) is 11.8 Å². The largest absolute Gasteiger partial charge is 0.392 e. The number of amides is 1. The molecule has 4 aromatic rings. The molecule has 0 radical (unpaired) electrons. The van der Waals surface area contributed by atoms with Crippen LogP contribution in [0.5, 0.6) is 0 Å². The molecule has 162 valence electrons. The van der Waals surface area contributed by atoms with Crippen molar-refractivity contribution in [3.8, 4) is 11.1 Å². The van der Waals surface area contributed by atoms with E-state index < -0.39 is 23.2 Å². The molecule has 5 N–H and O–H groups in total. The van der Waals surface area contributed by atoms with Gasteiger partial charge in [-0.3, -0.25) is 19.3 Å². The maximum atomic E-state index is 12.6. The summed E-state index contributed by atoms with van der Waals surface area (Å²) in [5.41, 5.74) is 7.34. The monoisotopic (exact) mass is 430 g/mol. The summed E-state index contributed by atoms with van der Waals surface area (Å²) in [5.74, 6) is -0.640. The number of carbonyl (C=O) groups excluding carboxylic acids is 1. The Hall–Kier alpha value is -4.40. The topological polar surface area (TPSA) is 139 Å². The van der Waals surface area contributed by atoms with Crippen molar-refractivity contribution in [1.29, 1.82) is 0 Å². The number of rotatable bonds is 6. The van der Waals surface area contributed by atoms with Crippen molar-refractivity contribution in [2.24, 2.45) is 0 Å². The lowest BCUT2D eigenvalue weighted by Gasteiger charge is -2.15. The van der Waals surface area contributed by atoms with Crippen LogP contribution in [0.25, 0.3) is 11.1 Å². The smallest absolute Gasteiger partial charge is 0.326 e. The Labute approximate surface area is 182 Å². The molecule has 0 fully saturated rings. The summed E-state index contributed by atoms with van der Waals surface area (Å²) < 4.78 is 1.87. The van der Waals surface area contributed by atoms with E-state index >= 15 is 0 Å². The minimum absolute atomic E-state index is 0.260. The van der Waals surface area contributed by atoms with Crippen molar-refractivity contribution in [3.05, 3.63) is 105 Å². The minimum atomic E-state index is -0.805. The molecule has 2 aromatic carbocycles. The Kier molecular flexibility index (Phi) is 5.71. The number of aromatic amines is 2. The molecular formula is C23H22N6O3. The van der Waals surface area contributed by atoms with Crippen molar-refractivity contribution in [1.82, 2.24) is 25.1 Å². The van der Waals surface area contributed by atoms with Gasteiger partial charge in [-0.05, 0) is 29.7 Å². The van der Waals surface area contributed by atoms with Crippen molar-refractivity contribution in [2.45, 2.75) is 19.5 Å². The van der Waals surface area contributed by atoms with Gasteiger partial charge in [0.1, 0.15) is 11.4 Å². The third kappa shape index (κ3) is 4.51. The van der Waals surface area contributed by atoms with E-state index in [2.05, 4.69) is 15.4 Å². The average molecular weight is 430 g/mol. The Bertz CT molecular complexity index is 1370. The lowest BCUT2D eigenvalue weighted by Crippen LogP contribution is -2.34. The predicted molar refractivity (Wildman–Crippen MR) is 121 cm³/mol. The van der Waals surface area contributed by atoms with Gasteiger partial charge >= 0.3 is 5.69 Å². The second-order valence-corrected chi connectivity index (χ2v) is 7.43. The van der Waals surface area contributed by atoms with E-state index in [0.29, 0.717) is 6.54 Å². The van der Waals surface area contributed by atoms with Crippen molar-refractivity contribution in [3.63, 3.8) is 0 Å². The van der Waals surface area contributed by atoms with Crippen molar-refractivity contribution >= 4 is 11.6 Å². The molecule has 0 spiro atoms. The van der Waals surface area contributed by atoms with Crippen LogP contribution < -0.4 is 22.3 Å².